The number of rotatable bonds is 10. The van der Waals surface area contributed by atoms with Crippen LogP contribution in [0.3, 0.4) is 0 Å². The predicted molar refractivity (Wildman–Crippen MR) is 181 cm³/mol. The van der Waals surface area contributed by atoms with E-state index in [4.69, 9.17) is 23.7 Å². The van der Waals surface area contributed by atoms with Crippen molar-refractivity contribution in [2.24, 2.45) is 16.7 Å². The van der Waals surface area contributed by atoms with Crippen LogP contribution in [0.5, 0.6) is 17.2 Å². The minimum Gasteiger partial charge on any atom is -0.485 e. The van der Waals surface area contributed by atoms with Crippen molar-refractivity contribution in [3.05, 3.63) is 89.0 Å². The molecule has 0 unspecified atom stereocenters. The van der Waals surface area contributed by atoms with Gasteiger partial charge in [-0.2, -0.15) is 0 Å². The average molecular weight is 657 g/mol. The van der Waals surface area contributed by atoms with Gasteiger partial charge in [0.15, 0.2) is 17.6 Å². The summed E-state index contributed by atoms with van der Waals surface area (Å²) in [7, 11) is 0. The van der Waals surface area contributed by atoms with E-state index in [1.807, 2.05) is 67.6 Å². The molecule has 1 saturated heterocycles. The van der Waals surface area contributed by atoms with E-state index in [1.54, 1.807) is 6.07 Å². The molecule has 1 aliphatic heterocycles. The topological polar surface area (TPSA) is 104 Å². The van der Waals surface area contributed by atoms with E-state index in [0.29, 0.717) is 35.5 Å². The molecule has 2 aliphatic carbocycles. The minimum absolute atomic E-state index is 0.0853. The summed E-state index contributed by atoms with van der Waals surface area (Å²) in [5.74, 6) is 0.193. The van der Waals surface area contributed by atoms with Crippen LogP contribution in [-0.2, 0) is 32.3 Å². The Bertz CT molecular complexity index is 1670. The molecule has 3 aromatic rings. The number of fused-ring (bicyclic) bond motifs is 3. The van der Waals surface area contributed by atoms with Gasteiger partial charge in [0.1, 0.15) is 30.2 Å². The first-order valence-corrected chi connectivity index (χ1v) is 17.0. The molecule has 8 heteroatoms. The fourth-order valence-electron chi connectivity index (χ4n) is 9.09. The number of benzene rings is 3. The lowest BCUT2D eigenvalue weighted by molar-refractivity contribution is -0.176. The van der Waals surface area contributed by atoms with Crippen molar-refractivity contribution >= 4 is 11.9 Å². The van der Waals surface area contributed by atoms with Crippen molar-refractivity contribution in [1.82, 2.24) is 0 Å². The fraction of sp³-hybridized carbons (Fsp3) is 0.500. The Hall–Kier alpha value is -3.88. The van der Waals surface area contributed by atoms with E-state index in [9.17, 15) is 14.7 Å². The largest absolute Gasteiger partial charge is 0.485 e. The van der Waals surface area contributed by atoms with Crippen LogP contribution in [-0.4, -0.2) is 34.4 Å². The molecule has 0 radical (unpaired) electrons. The quantitative estimate of drug-likeness (QED) is 0.134. The van der Waals surface area contributed by atoms with E-state index in [-0.39, 0.29) is 30.3 Å². The van der Waals surface area contributed by atoms with Crippen LogP contribution in [0.15, 0.2) is 66.7 Å². The van der Waals surface area contributed by atoms with Gasteiger partial charge in [-0.3, -0.25) is 9.59 Å². The second-order valence-electron chi connectivity index (χ2n) is 14.8. The summed E-state index contributed by atoms with van der Waals surface area (Å²) in [6.45, 7) is 13.7. The maximum atomic E-state index is 13.1. The highest BCUT2D eigenvalue weighted by Crippen LogP contribution is 2.77. The number of hydrogen-bond donors (Lipinski definition) is 1. The highest BCUT2D eigenvalue weighted by Gasteiger charge is 2.84. The van der Waals surface area contributed by atoms with Crippen molar-refractivity contribution in [2.45, 2.75) is 111 Å². The third-order valence-corrected chi connectivity index (χ3v) is 11.5. The molecule has 3 aromatic carbocycles. The maximum absolute atomic E-state index is 13.1. The van der Waals surface area contributed by atoms with Gasteiger partial charge in [-0.25, -0.2) is 0 Å². The Labute approximate surface area is 283 Å². The molecular formula is C40H48O8. The third kappa shape index (κ3) is 5.67. The van der Waals surface area contributed by atoms with Crippen LogP contribution in [0.2, 0.25) is 0 Å². The lowest BCUT2D eigenvalue weighted by atomic mass is 9.44. The first-order chi connectivity index (χ1) is 22.7. The van der Waals surface area contributed by atoms with E-state index in [1.165, 1.54) is 13.8 Å². The standard InChI is InChI=1S/C40H48O8/c1-25-34(36(47-27(3)42)40-38(6)20-19-33(43)37(4,5)32(38)18-21-39(40,7)48-40)30(46-26(2)41)22-31(44-23-28-14-10-8-11-15-28)35(25)45-24-29-16-12-9-13-17-29/h8-17,22,32-33,36,43H,18-21,23-24H2,1-7H3/t32-,33-,36-,38-,39+,40-/m0/s1. The molecule has 6 rings (SSSR count). The number of carbonyl (C=O) groups is 2. The van der Waals surface area contributed by atoms with Gasteiger partial charge in [-0.1, -0.05) is 81.4 Å². The fourth-order valence-corrected chi connectivity index (χ4v) is 9.09. The monoisotopic (exact) mass is 656 g/mol. The van der Waals surface area contributed by atoms with Crippen molar-refractivity contribution < 1.29 is 38.4 Å². The van der Waals surface area contributed by atoms with Crippen LogP contribution < -0.4 is 14.2 Å². The molecule has 0 aromatic heterocycles. The molecular weight excluding hydrogens is 608 g/mol. The summed E-state index contributed by atoms with van der Waals surface area (Å²) in [4.78, 5) is 25.8. The van der Waals surface area contributed by atoms with Gasteiger partial charge in [-0.15, -0.1) is 0 Å². The van der Waals surface area contributed by atoms with E-state index in [2.05, 4.69) is 27.7 Å². The van der Waals surface area contributed by atoms with Crippen LogP contribution in [0.25, 0.3) is 0 Å². The summed E-state index contributed by atoms with van der Waals surface area (Å²) in [5, 5.41) is 11.2. The van der Waals surface area contributed by atoms with Gasteiger partial charge in [0.25, 0.3) is 0 Å². The lowest BCUT2D eigenvalue weighted by Crippen LogP contribution is -2.61. The normalized spacial score (nSPS) is 29.1. The third-order valence-electron chi connectivity index (χ3n) is 11.5. The van der Waals surface area contributed by atoms with Gasteiger partial charge in [0.05, 0.1) is 6.10 Å². The van der Waals surface area contributed by atoms with Crippen LogP contribution in [0.4, 0.5) is 0 Å². The van der Waals surface area contributed by atoms with Gasteiger partial charge in [0, 0.05) is 36.5 Å². The molecule has 8 nitrogen and oxygen atoms in total. The van der Waals surface area contributed by atoms with Gasteiger partial charge >= 0.3 is 11.9 Å². The average Bonchev–Trinajstić information content (AvgIpc) is 3.70. The van der Waals surface area contributed by atoms with E-state index < -0.39 is 40.8 Å². The number of hydrogen-bond acceptors (Lipinski definition) is 8. The number of epoxide rings is 1. The molecule has 2 saturated carbocycles. The van der Waals surface area contributed by atoms with Crippen molar-refractivity contribution in [3.63, 3.8) is 0 Å². The van der Waals surface area contributed by atoms with E-state index >= 15 is 0 Å². The van der Waals surface area contributed by atoms with Crippen LogP contribution in [0.1, 0.15) is 95.6 Å². The number of aliphatic hydroxyl groups is 1. The smallest absolute Gasteiger partial charge is 0.308 e. The number of aliphatic hydroxyl groups excluding tert-OH is 1. The van der Waals surface area contributed by atoms with Crippen molar-refractivity contribution in [2.75, 3.05) is 0 Å². The van der Waals surface area contributed by atoms with Gasteiger partial charge in [-0.05, 0) is 62.0 Å². The zero-order valence-electron chi connectivity index (χ0n) is 29.1. The Morgan fingerprint density at radius 3 is 2.04 bits per heavy atom. The van der Waals surface area contributed by atoms with Crippen LogP contribution >= 0.6 is 0 Å². The highest BCUT2D eigenvalue weighted by atomic mass is 16.7. The van der Waals surface area contributed by atoms with Crippen molar-refractivity contribution in [3.8, 4) is 17.2 Å². The second-order valence-corrected chi connectivity index (χ2v) is 14.8. The first kappa shape index (κ1) is 34.0. The molecule has 6 atom stereocenters. The minimum atomic E-state index is -0.950. The van der Waals surface area contributed by atoms with Gasteiger partial charge < -0.3 is 28.8 Å². The summed E-state index contributed by atoms with van der Waals surface area (Å²) < 4.78 is 32.2. The number of esters is 2. The summed E-state index contributed by atoms with van der Waals surface area (Å²) in [6, 6.07) is 21.3. The zero-order valence-corrected chi connectivity index (χ0v) is 29.1. The second kappa shape index (κ2) is 12.5. The highest BCUT2D eigenvalue weighted by molar-refractivity contribution is 5.73. The Balaban J connectivity index is 1.53. The SMILES string of the molecule is CC(=O)Oc1cc(OCc2ccccc2)c(OCc2ccccc2)c(C)c1[C@H](OC(C)=O)[C@@]12O[C@]1(C)CC[C@H]1C(C)(C)[C@@H](O)CC[C@@]12C. The number of carbonyl (C=O) groups excluding carboxylic acids is 2. The molecule has 3 fully saturated rings. The van der Waals surface area contributed by atoms with Gasteiger partial charge in [0.2, 0.25) is 0 Å². The van der Waals surface area contributed by atoms with Crippen LogP contribution in [0, 0.1) is 23.7 Å². The molecule has 0 spiro atoms. The molecule has 3 aliphatic rings. The Morgan fingerprint density at radius 2 is 1.46 bits per heavy atom. The number of ether oxygens (including phenoxy) is 5. The van der Waals surface area contributed by atoms with E-state index in [0.717, 1.165) is 24.0 Å². The zero-order chi connectivity index (χ0) is 34.5. The molecule has 1 heterocycles. The summed E-state index contributed by atoms with van der Waals surface area (Å²) >= 11 is 0. The molecule has 0 bridgehead atoms. The molecule has 0 amide bonds. The summed E-state index contributed by atoms with van der Waals surface area (Å²) in [5.41, 5.74) is 0.660. The molecule has 256 valence electrons. The molecule has 48 heavy (non-hydrogen) atoms. The maximum Gasteiger partial charge on any atom is 0.308 e. The summed E-state index contributed by atoms with van der Waals surface area (Å²) in [6.07, 6.45) is 1.50. The lowest BCUT2D eigenvalue weighted by Gasteiger charge is -2.59. The Morgan fingerprint density at radius 1 is 0.854 bits per heavy atom. The molecule has 1 N–H and O–H groups in total. The van der Waals surface area contributed by atoms with Crippen molar-refractivity contribution in [1.29, 1.82) is 0 Å². The predicted octanol–water partition coefficient (Wildman–Crippen LogP) is 7.81. The Kier molecular flexibility index (Phi) is 8.88. The first-order valence-electron chi connectivity index (χ1n) is 17.0.